The highest BCUT2D eigenvalue weighted by molar-refractivity contribution is 6.03. The third-order valence-corrected chi connectivity index (χ3v) is 6.97. The van der Waals surface area contributed by atoms with Crippen LogP contribution in [0.2, 0.25) is 0 Å². The van der Waals surface area contributed by atoms with E-state index in [0.29, 0.717) is 28.8 Å². The fourth-order valence-corrected chi connectivity index (χ4v) is 4.84. The Hall–Kier alpha value is -3.33. The van der Waals surface area contributed by atoms with Crippen LogP contribution in [-0.4, -0.2) is 36.8 Å². The van der Waals surface area contributed by atoms with Crippen molar-refractivity contribution in [2.75, 3.05) is 20.1 Å². The van der Waals surface area contributed by atoms with Crippen LogP contribution < -0.4 is 11.2 Å². The van der Waals surface area contributed by atoms with Crippen molar-refractivity contribution in [2.24, 2.45) is 10.8 Å². The summed E-state index contributed by atoms with van der Waals surface area (Å²) in [7, 11) is 1.73. The van der Waals surface area contributed by atoms with Crippen molar-refractivity contribution >= 4 is 11.7 Å². The van der Waals surface area contributed by atoms with Crippen LogP contribution in [0.4, 0.5) is 0 Å². The second kappa shape index (κ2) is 9.44. The molecule has 0 radical (unpaired) electrons. The molecule has 1 aliphatic heterocycles. The maximum absolute atomic E-state index is 13.4. The molecule has 1 heterocycles. The van der Waals surface area contributed by atoms with E-state index in [1.54, 1.807) is 7.05 Å². The number of nitrogens with zero attached hydrogens (tertiary/aromatic N) is 3. The number of hydrazone groups is 1. The summed E-state index contributed by atoms with van der Waals surface area (Å²) in [6, 6.07) is 14.1. The topological polar surface area (TPSA) is 94.5 Å². The van der Waals surface area contributed by atoms with E-state index in [4.69, 9.17) is 11.0 Å². The normalized spacial score (nSPS) is 17.5. The second-order valence-electron chi connectivity index (χ2n) is 8.90. The predicted molar refractivity (Wildman–Crippen MR) is 127 cm³/mol. The maximum atomic E-state index is 13.4. The number of hydrogen-bond acceptors (Lipinski definition) is 4. The second-order valence-corrected chi connectivity index (χ2v) is 8.90. The molecule has 2 aliphatic rings. The molecule has 0 aromatic heterocycles. The third-order valence-electron chi connectivity index (χ3n) is 6.97. The summed E-state index contributed by atoms with van der Waals surface area (Å²) in [6.45, 7) is 3.47. The lowest BCUT2D eigenvalue weighted by molar-refractivity contribution is 0.0712. The van der Waals surface area contributed by atoms with Gasteiger partial charge in [-0.1, -0.05) is 24.6 Å². The summed E-state index contributed by atoms with van der Waals surface area (Å²) in [4.78, 5) is 15.4. The Kier molecular flexibility index (Phi) is 6.45. The number of likely N-dealkylation sites (tertiary alicyclic amines) is 1. The zero-order valence-electron chi connectivity index (χ0n) is 18.9. The SMILES string of the molecule is CN/N=C(\N)c1cc(C(=O)N2CCC(c3ccc(C#N)cc3)CC2)c(C)cc1C1CCC1. The van der Waals surface area contributed by atoms with Gasteiger partial charge in [0, 0.05) is 31.3 Å². The van der Waals surface area contributed by atoms with Gasteiger partial charge in [-0.2, -0.15) is 10.4 Å². The van der Waals surface area contributed by atoms with E-state index in [0.717, 1.165) is 49.9 Å². The van der Waals surface area contributed by atoms with Gasteiger partial charge in [-0.05, 0) is 79.3 Å². The molecule has 6 nitrogen and oxygen atoms in total. The molecule has 2 aromatic carbocycles. The Bertz CT molecular complexity index is 1050. The number of rotatable bonds is 5. The van der Waals surface area contributed by atoms with Gasteiger partial charge >= 0.3 is 0 Å². The minimum absolute atomic E-state index is 0.0689. The van der Waals surface area contributed by atoms with E-state index in [9.17, 15) is 4.79 Å². The van der Waals surface area contributed by atoms with Gasteiger partial charge in [-0.15, -0.1) is 0 Å². The molecule has 3 N–H and O–H groups in total. The van der Waals surface area contributed by atoms with Crippen molar-refractivity contribution in [1.82, 2.24) is 10.3 Å². The molecule has 0 spiro atoms. The lowest BCUT2D eigenvalue weighted by Gasteiger charge is -2.33. The number of hydrogen-bond donors (Lipinski definition) is 2. The Labute approximate surface area is 190 Å². The van der Waals surface area contributed by atoms with Gasteiger partial charge in [0.05, 0.1) is 11.6 Å². The van der Waals surface area contributed by atoms with E-state index < -0.39 is 0 Å². The van der Waals surface area contributed by atoms with E-state index in [1.807, 2.05) is 42.2 Å². The van der Waals surface area contributed by atoms with E-state index in [2.05, 4.69) is 22.7 Å². The van der Waals surface area contributed by atoms with E-state index >= 15 is 0 Å². The van der Waals surface area contributed by atoms with Gasteiger partial charge in [0.25, 0.3) is 5.91 Å². The number of nitrogens with one attached hydrogen (secondary N) is 1. The van der Waals surface area contributed by atoms with Crippen LogP contribution in [0.1, 0.15) is 82.1 Å². The van der Waals surface area contributed by atoms with Crippen LogP contribution in [0.25, 0.3) is 0 Å². The molecule has 2 aromatic rings. The molecule has 166 valence electrons. The molecule has 1 saturated heterocycles. The molecule has 1 amide bonds. The first-order valence-electron chi connectivity index (χ1n) is 11.5. The molecule has 0 unspecified atom stereocenters. The number of amidine groups is 1. The number of aryl methyl sites for hydroxylation is 1. The largest absolute Gasteiger partial charge is 0.382 e. The lowest BCUT2D eigenvalue weighted by atomic mass is 9.77. The molecule has 32 heavy (non-hydrogen) atoms. The standard InChI is InChI=1S/C26H31N5O/c1-17-14-23(21-4-3-5-21)24(25(28)30-29-2)15-22(17)26(32)31-12-10-20(11-13-31)19-8-6-18(16-27)7-9-19/h6-9,14-15,20-21,29H,3-5,10-13H2,1-2H3,(H2,28,30). The highest BCUT2D eigenvalue weighted by atomic mass is 16.2. The minimum Gasteiger partial charge on any atom is -0.382 e. The van der Waals surface area contributed by atoms with Gasteiger partial charge in [-0.25, -0.2) is 0 Å². The molecular formula is C26H31N5O. The first-order valence-corrected chi connectivity index (χ1v) is 11.5. The first kappa shape index (κ1) is 21.9. The van der Waals surface area contributed by atoms with Crippen LogP contribution in [0.5, 0.6) is 0 Å². The fraction of sp³-hybridized carbons (Fsp3) is 0.423. The summed E-state index contributed by atoms with van der Waals surface area (Å²) in [5.74, 6) is 1.42. The lowest BCUT2D eigenvalue weighted by Crippen LogP contribution is -2.38. The van der Waals surface area contributed by atoms with E-state index in [-0.39, 0.29) is 5.91 Å². The zero-order chi connectivity index (χ0) is 22.7. The number of piperidine rings is 1. The number of carbonyl (C=O) groups is 1. The number of amides is 1. The summed E-state index contributed by atoms with van der Waals surface area (Å²) in [6.07, 6.45) is 5.41. The minimum atomic E-state index is 0.0689. The van der Waals surface area contributed by atoms with Crippen molar-refractivity contribution in [3.63, 3.8) is 0 Å². The molecule has 0 atom stereocenters. The Balaban J connectivity index is 1.52. The highest BCUT2D eigenvalue weighted by Crippen LogP contribution is 2.39. The molecule has 1 saturated carbocycles. The number of nitriles is 1. The average Bonchev–Trinajstić information content (AvgIpc) is 2.78. The first-order chi connectivity index (χ1) is 15.5. The van der Waals surface area contributed by atoms with Crippen molar-refractivity contribution in [3.05, 3.63) is 69.8 Å². The van der Waals surface area contributed by atoms with Crippen LogP contribution >= 0.6 is 0 Å². The van der Waals surface area contributed by atoms with Gasteiger partial charge in [-0.3, -0.25) is 4.79 Å². The van der Waals surface area contributed by atoms with Crippen LogP contribution in [-0.2, 0) is 0 Å². The smallest absolute Gasteiger partial charge is 0.254 e. The number of benzene rings is 2. The van der Waals surface area contributed by atoms with Gasteiger partial charge in [0.1, 0.15) is 0 Å². The quantitative estimate of drug-likeness (QED) is 0.427. The molecule has 4 rings (SSSR count). The average molecular weight is 430 g/mol. The number of carbonyl (C=O) groups excluding carboxylic acids is 1. The van der Waals surface area contributed by atoms with Crippen molar-refractivity contribution < 1.29 is 4.79 Å². The van der Waals surface area contributed by atoms with Gasteiger partial charge in [0.2, 0.25) is 0 Å². The summed E-state index contributed by atoms with van der Waals surface area (Å²) < 4.78 is 0. The Morgan fingerprint density at radius 2 is 1.78 bits per heavy atom. The Morgan fingerprint density at radius 1 is 1.09 bits per heavy atom. The van der Waals surface area contributed by atoms with Gasteiger partial charge in [0.15, 0.2) is 5.84 Å². The van der Waals surface area contributed by atoms with Crippen molar-refractivity contribution in [2.45, 2.75) is 50.9 Å². The molecule has 6 heteroatoms. The van der Waals surface area contributed by atoms with Crippen molar-refractivity contribution in [1.29, 1.82) is 5.26 Å². The van der Waals surface area contributed by atoms with Crippen LogP contribution in [0, 0.1) is 18.3 Å². The third kappa shape index (κ3) is 4.34. The zero-order valence-corrected chi connectivity index (χ0v) is 18.9. The monoisotopic (exact) mass is 429 g/mol. The summed E-state index contributed by atoms with van der Waals surface area (Å²) in [5.41, 5.74) is 14.8. The molecule has 0 bridgehead atoms. The molecule has 2 fully saturated rings. The number of nitrogens with two attached hydrogens (primary N) is 1. The molecule has 1 aliphatic carbocycles. The Morgan fingerprint density at radius 3 is 2.34 bits per heavy atom. The predicted octanol–water partition coefficient (Wildman–Crippen LogP) is 3.99. The van der Waals surface area contributed by atoms with Crippen LogP contribution in [0.3, 0.4) is 0 Å². The summed E-state index contributed by atoms with van der Waals surface area (Å²) >= 11 is 0. The van der Waals surface area contributed by atoms with Crippen LogP contribution in [0.15, 0.2) is 41.5 Å². The maximum Gasteiger partial charge on any atom is 0.254 e. The van der Waals surface area contributed by atoms with E-state index in [1.165, 1.54) is 17.5 Å². The fourth-order valence-electron chi connectivity index (χ4n) is 4.84. The highest BCUT2D eigenvalue weighted by Gasteiger charge is 2.29. The van der Waals surface area contributed by atoms with Crippen molar-refractivity contribution in [3.8, 4) is 6.07 Å². The van der Waals surface area contributed by atoms with Gasteiger partial charge < -0.3 is 16.1 Å². The summed E-state index contributed by atoms with van der Waals surface area (Å²) in [5, 5.41) is 13.2. The molecular weight excluding hydrogens is 398 g/mol.